The van der Waals surface area contributed by atoms with Crippen LogP contribution in [0, 0.1) is 11.8 Å². The summed E-state index contributed by atoms with van der Waals surface area (Å²) in [5.74, 6) is 1.15. The number of nitrogens with zero attached hydrogens (tertiary/aromatic N) is 1. The van der Waals surface area contributed by atoms with Crippen LogP contribution in [0.15, 0.2) is 11.8 Å². The quantitative estimate of drug-likeness (QED) is 0.697. The van der Waals surface area contributed by atoms with Crippen molar-refractivity contribution in [2.75, 3.05) is 26.3 Å². The number of allylic oxidation sites excluding steroid dienone is 1. The van der Waals surface area contributed by atoms with Gasteiger partial charge in [-0.25, -0.2) is 0 Å². The largest absolute Gasteiger partial charge is 0.547 e. The maximum atomic E-state index is 9.85. The molecular formula is C18H37NO3Si. The summed E-state index contributed by atoms with van der Waals surface area (Å²) in [6.07, 6.45) is 2.94. The molecule has 5 heteroatoms. The van der Waals surface area contributed by atoms with Gasteiger partial charge in [-0.05, 0) is 43.2 Å². The molecule has 0 aromatic heterocycles. The van der Waals surface area contributed by atoms with Crippen molar-refractivity contribution in [3.05, 3.63) is 11.8 Å². The van der Waals surface area contributed by atoms with Crippen LogP contribution in [0.4, 0.5) is 0 Å². The molecule has 0 aromatic rings. The maximum absolute atomic E-state index is 9.85. The molecule has 0 unspecified atom stereocenters. The zero-order chi connectivity index (χ0) is 17.8. The first kappa shape index (κ1) is 20.7. The SMILES string of the molecule is CCN(CC)[C@@H]1C=C(O[Si](C)(C)C(C)(C)C)C[C@@H](CO)[C@H]1CO. The molecule has 0 aliphatic heterocycles. The second-order valence-corrected chi connectivity index (χ2v) is 12.9. The van der Waals surface area contributed by atoms with Gasteiger partial charge in [-0.1, -0.05) is 34.6 Å². The van der Waals surface area contributed by atoms with Crippen molar-refractivity contribution < 1.29 is 14.6 Å². The molecule has 0 aromatic carbocycles. The lowest BCUT2D eigenvalue weighted by Crippen LogP contribution is -2.48. The molecule has 0 amide bonds. The Morgan fingerprint density at radius 2 is 1.74 bits per heavy atom. The molecule has 23 heavy (non-hydrogen) atoms. The number of hydrogen-bond acceptors (Lipinski definition) is 4. The average Bonchev–Trinajstić information content (AvgIpc) is 2.46. The van der Waals surface area contributed by atoms with Crippen molar-refractivity contribution in [2.24, 2.45) is 11.8 Å². The van der Waals surface area contributed by atoms with Crippen molar-refractivity contribution in [3.8, 4) is 0 Å². The van der Waals surface area contributed by atoms with Crippen molar-refractivity contribution in [3.63, 3.8) is 0 Å². The number of rotatable bonds is 7. The van der Waals surface area contributed by atoms with Crippen LogP contribution >= 0.6 is 0 Å². The van der Waals surface area contributed by atoms with Gasteiger partial charge < -0.3 is 14.6 Å². The Labute approximate surface area is 143 Å². The van der Waals surface area contributed by atoms with E-state index in [4.69, 9.17) is 4.43 Å². The number of aliphatic hydroxyl groups excluding tert-OH is 2. The summed E-state index contributed by atoms with van der Waals surface area (Å²) in [4.78, 5) is 2.34. The van der Waals surface area contributed by atoms with E-state index < -0.39 is 8.32 Å². The van der Waals surface area contributed by atoms with Crippen molar-refractivity contribution in [1.29, 1.82) is 0 Å². The molecule has 0 fully saturated rings. The van der Waals surface area contributed by atoms with Gasteiger partial charge in [0.25, 0.3) is 0 Å². The van der Waals surface area contributed by atoms with Crippen LogP contribution in [0.25, 0.3) is 0 Å². The Balaban J connectivity index is 3.11. The minimum atomic E-state index is -1.88. The molecule has 1 aliphatic rings. The van der Waals surface area contributed by atoms with Gasteiger partial charge >= 0.3 is 0 Å². The van der Waals surface area contributed by atoms with Gasteiger partial charge in [0, 0.05) is 31.6 Å². The molecule has 4 nitrogen and oxygen atoms in total. The minimum Gasteiger partial charge on any atom is -0.547 e. The zero-order valence-corrected chi connectivity index (χ0v) is 17.1. The Bertz CT molecular complexity index is 400. The molecule has 1 rings (SSSR count). The fourth-order valence-electron chi connectivity index (χ4n) is 3.11. The van der Waals surface area contributed by atoms with Gasteiger partial charge in [-0.2, -0.15) is 0 Å². The van der Waals surface area contributed by atoms with E-state index in [-0.39, 0.29) is 36.1 Å². The maximum Gasteiger partial charge on any atom is 0.250 e. The van der Waals surface area contributed by atoms with Crippen molar-refractivity contribution in [2.45, 2.75) is 65.2 Å². The van der Waals surface area contributed by atoms with Crippen LogP contribution in [0.2, 0.25) is 18.1 Å². The predicted octanol–water partition coefficient (Wildman–Crippen LogP) is 3.22. The number of likely N-dealkylation sites (N-methyl/N-ethyl adjacent to an activating group) is 1. The van der Waals surface area contributed by atoms with Gasteiger partial charge in [0.1, 0.15) is 0 Å². The summed E-state index contributed by atoms with van der Waals surface area (Å²) in [6, 6.07) is 0.140. The Hall–Kier alpha value is -0.363. The first-order valence-electron chi connectivity index (χ1n) is 8.96. The lowest BCUT2D eigenvalue weighted by atomic mass is 9.79. The van der Waals surface area contributed by atoms with Crippen molar-refractivity contribution in [1.82, 2.24) is 4.90 Å². The van der Waals surface area contributed by atoms with Crippen molar-refractivity contribution >= 4 is 8.32 Å². The Kier molecular flexibility index (Phi) is 7.32. The standard InChI is InChI=1S/C18H37NO3Si/c1-8-19(9-2)17-11-15(10-14(12-20)16(17)13-21)22-23(6,7)18(3,4)5/h11,14,16-17,20-21H,8-10,12-13H2,1-7H3/t14-,16+,17+/m0/s1. The highest BCUT2D eigenvalue weighted by Gasteiger charge is 2.42. The topological polar surface area (TPSA) is 52.9 Å². The van der Waals surface area contributed by atoms with Crippen LogP contribution < -0.4 is 0 Å². The lowest BCUT2D eigenvalue weighted by Gasteiger charge is -2.44. The third-order valence-corrected chi connectivity index (χ3v) is 10.1. The average molecular weight is 344 g/mol. The second kappa shape index (κ2) is 8.14. The van der Waals surface area contributed by atoms with E-state index in [2.05, 4.69) is 58.7 Å². The van der Waals surface area contributed by atoms with Crippen LogP contribution in [0.1, 0.15) is 41.0 Å². The highest BCUT2D eigenvalue weighted by atomic mass is 28.4. The smallest absolute Gasteiger partial charge is 0.250 e. The molecule has 1 aliphatic carbocycles. The van der Waals surface area contributed by atoms with Crippen LogP contribution in [0.5, 0.6) is 0 Å². The molecule has 0 radical (unpaired) electrons. The Morgan fingerprint density at radius 3 is 2.13 bits per heavy atom. The van der Waals surface area contributed by atoms with Crippen LogP contribution in [0.3, 0.4) is 0 Å². The summed E-state index contributed by atoms with van der Waals surface area (Å²) in [5, 5.41) is 19.8. The lowest BCUT2D eigenvalue weighted by molar-refractivity contribution is 0.0455. The summed E-state index contributed by atoms with van der Waals surface area (Å²) in [6.45, 7) is 17.6. The fraction of sp³-hybridized carbons (Fsp3) is 0.889. The monoisotopic (exact) mass is 343 g/mol. The zero-order valence-electron chi connectivity index (χ0n) is 16.1. The van der Waals surface area contributed by atoms with E-state index in [1.54, 1.807) is 0 Å². The van der Waals surface area contributed by atoms with E-state index in [0.29, 0.717) is 0 Å². The van der Waals surface area contributed by atoms with E-state index in [9.17, 15) is 10.2 Å². The molecule has 0 heterocycles. The molecule has 0 spiro atoms. The molecule has 0 saturated carbocycles. The van der Waals surface area contributed by atoms with Gasteiger partial charge in [0.05, 0.1) is 5.76 Å². The molecule has 0 saturated heterocycles. The normalized spacial score (nSPS) is 26.3. The van der Waals surface area contributed by atoms with Gasteiger partial charge in [0.15, 0.2) is 0 Å². The first-order chi connectivity index (χ1) is 10.6. The summed E-state index contributed by atoms with van der Waals surface area (Å²) in [5.41, 5.74) is 0. The summed E-state index contributed by atoms with van der Waals surface area (Å²) >= 11 is 0. The Morgan fingerprint density at radius 1 is 1.17 bits per heavy atom. The van der Waals surface area contributed by atoms with Crippen LogP contribution in [-0.2, 0) is 4.43 Å². The summed E-state index contributed by atoms with van der Waals surface area (Å²) < 4.78 is 6.52. The second-order valence-electron chi connectivity index (χ2n) is 8.20. The molecular weight excluding hydrogens is 306 g/mol. The third-order valence-electron chi connectivity index (χ3n) is 5.74. The molecule has 0 bridgehead atoms. The highest BCUT2D eigenvalue weighted by molar-refractivity contribution is 6.74. The predicted molar refractivity (Wildman–Crippen MR) is 98.8 cm³/mol. The van der Waals surface area contributed by atoms with Gasteiger partial charge in [-0.3, -0.25) is 4.90 Å². The van der Waals surface area contributed by atoms with E-state index in [0.717, 1.165) is 25.3 Å². The molecule has 136 valence electrons. The molecule has 2 N–H and O–H groups in total. The van der Waals surface area contributed by atoms with E-state index in [1.807, 2.05) is 0 Å². The number of hydrogen-bond donors (Lipinski definition) is 2. The molecule has 3 atom stereocenters. The van der Waals surface area contributed by atoms with E-state index in [1.165, 1.54) is 0 Å². The fourth-order valence-corrected chi connectivity index (χ4v) is 4.22. The van der Waals surface area contributed by atoms with E-state index >= 15 is 0 Å². The first-order valence-corrected chi connectivity index (χ1v) is 11.9. The third kappa shape index (κ3) is 4.81. The number of aliphatic hydroxyl groups is 2. The van der Waals surface area contributed by atoms with Gasteiger partial charge in [0.2, 0.25) is 8.32 Å². The van der Waals surface area contributed by atoms with Gasteiger partial charge in [-0.15, -0.1) is 0 Å². The summed E-state index contributed by atoms with van der Waals surface area (Å²) in [7, 11) is -1.88. The minimum absolute atomic E-state index is 0.0652. The van der Waals surface area contributed by atoms with Crippen LogP contribution in [-0.4, -0.2) is 55.8 Å². The highest BCUT2D eigenvalue weighted by Crippen LogP contribution is 2.41.